The first kappa shape index (κ1) is 28.3. The number of pyridine rings is 1. The Hall–Kier alpha value is -3.20. The summed E-state index contributed by atoms with van der Waals surface area (Å²) < 4.78 is 7.43. The van der Waals surface area contributed by atoms with Crippen molar-refractivity contribution in [2.24, 2.45) is 7.05 Å². The number of halogens is 1. The normalized spacial score (nSPS) is 19.2. The molecule has 212 valence electrons. The molecule has 1 atom stereocenters. The van der Waals surface area contributed by atoms with Gasteiger partial charge < -0.3 is 24.6 Å². The lowest BCUT2D eigenvalue weighted by atomic mass is 9.84. The number of aryl methyl sites for hydroxylation is 1. The van der Waals surface area contributed by atoms with Crippen LogP contribution in [0.2, 0.25) is 5.02 Å². The molecule has 1 aliphatic heterocycles. The molecule has 8 nitrogen and oxygen atoms in total. The number of nitrogens with one attached hydrogen (secondary N) is 1. The molecular weight excluding hydrogens is 526 g/mol. The molecule has 1 amide bonds. The Morgan fingerprint density at radius 2 is 1.95 bits per heavy atom. The van der Waals surface area contributed by atoms with Crippen LogP contribution in [0.1, 0.15) is 67.6 Å². The van der Waals surface area contributed by atoms with Crippen LogP contribution in [0.15, 0.2) is 49.1 Å². The van der Waals surface area contributed by atoms with Gasteiger partial charge in [0.1, 0.15) is 11.2 Å². The van der Waals surface area contributed by atoms with Gasteiger partial charge in [-0.3, -0.25) is 4.98 Å². The number of carbonyl (C=O) groups is 1. The van der Waals surface area contributed by atoms with Gasteiger partial charge in [-0.05, 0) is 86.1 Å². The van der Waals surface area contributed by atoms with Gasteiger partial charge in [0.25, 0.3) is 0 Å². The van der Waals surface area contributed by atoms with E-state index in [1.54, 1.807) is 30.5 Å². The van der Waals surface area contributed by atoms with Crippen LogP contribution in [-0.4, -0.2) is 62.4 Å². The van der Waals surface area contributed by atoms with Gasteiger partial charge in [-0.1, -0.05) is 23.7 Å². The van der Waals surface area contributed by atoms with Gasteiger partial charge in [-0.15, -0.1) is 0 Å². The first-order valence-corrected chi connectivity index (χ1v) is 14.4. The quantitative estimate of drug-likeness (QED) is 0.456. The number of aliphatic hydroxyl groups is 1. The number of piperazine rings is 1. The molecule has 1 saturated carbocycles. The van der Waals surface area contributed by atoms with E-state index in [0.29, 0.717) is 11.4 Å². The zero-order chi connectivity index (χ0) is 28.3. The smallest absolute Gasteiger partial charge is 0.410 e. The molecule has 0 unspecified atom stereocenters. The van der Waals surface area contributed by atoms with Crippen molar-refractivity contribution in [3.05, 3.63) is 82.2 Å². The standard InChI is InChI=1S/C20H18ClN3O.C11H20N2O2/c1-20(25,19-11-22-12-24(19)2)17-8-14-4-3-7-23-18(14)9-13-5-6-15(21)10-16(13)17;1-11(4-2-3-5-11)15-10(14)13-8-6-12-7-9-13/h3-8,10-12,25H,9H2,1-2H3;12H,2-9H2,1H3/t20-;/m1./s1. The average molecular weight is 564 g/mol. The summed E-state index contributed by atoms with van der Waals surface area (Å²) >= 11 is 6.27. The fourth-order valence-corrected chi connectivity index (χ4v) is 5.98. The van der Waals surface area contributed by atoms with E-state index in [-0.39, 0.29) is 11.7 Å². The summed E-state index contributed by atoms with van der Waals surface area (Å²) in [6, 6.07) is 9.74. The molecule has 1 aromatic carbocycles. The second-order valence-electron chi connectivity index (χ2n) is 11.3. The maximum absolute atomic E-state index is 11.8. The third kappa shape index (κ3) is 6.09. The van der Waals surface area contributed by atoms with E-state index >= 15 is 0 Å². The molecule has 2 aliphatic carbocycles. The number of nitrogens with zero attached hydrogens (tertiary/aromatic N) is 4. The van der Waals surface area contributed by atoms with Crippen LogP contribution in [0.25, 0.3) is 11.6 Å². The van der Waals surface area contributed by atoms with Gasteiger partial charge >= 0.3 is 6.09 Å². The van der Waals surface area contributed by atoms with Crippen molar-refractivity contribution >= 4 is 29.3 Å². The summed E-state index contributed by atoms with van der Waals surface area (Å²) in [4.78, 5) is 22.3. The molecule has 2 N–H and O–H groups in total. The lowest BCUT2D eigenvalue weighted by Crippen LogP contribution is -2.48. The van der Waals surface area contributed by atoms with Crippen LogP contribution in [0.5, 0.6) is 0 Å². The molecule has 0 spiro atoms. The third-order valence-electron chi connectivity index (χ3n) is 8.16. The molecule has 40 heavy (non-hydrogen) atoms. The first-order chi connectivity index (χ1) is 19.2. The van der Waals surface area contributed by atoms with Crippen LogP contribution < -0.4 is 5.32 Å². The first-order valence-electron chi connectivity index (χ1n) is 14.0. The van der Waals surface area contributed by atoms with E-state index in [1.165, 1.54) is 12.8 Å². The second-order valence-corrected chi connectivity index (χ2v) is 11.7. The average Bonchev–Trinajstić information content (AvgIpc) is 3.54. The minimum atomic E-state index is -1.22. The van der Waals surface area contributed by atoms with Crippen LogP contribution in [0.4, 0.5) is 4.79 Å². The summed E-state index contributed by atoms with van der Waals surface area (Å²) in [5.74, 6) is 0. The van der Waals surface area contributed by atoms with Crippen LogP contribution in [0.3, 0.4) is 0 Å². The highest BCUT2D eigenvalue weighted by atomic mass is 35.5. The highest BCUT2D eigenvalue weighted by molar-refractivity contribution is 6.30. The zero-order valence-electron chi connectivity index (χ0n) is 23.5. The van der Waals surface area contributed by atoms with E-state index in [2.05, 4.69) is 22.2 Å². The van der Waals surface area contributed by atoms with Gasteiger partial charge in [0.2, 0.25) is 0 Å². The summed E-state index contributed by atoms with van der Waals surface area (Å²) in [5, 5.41) is 15.3. The topological polar surface area (TPSA) is 92.5 Å². The molecule has 9 heteroatoms. The Balaban J connectivity index is 0.000000184. The Labute approximate surface area is 241 Å². The van der Waals surface area contributed by atoms with E-state index in [4.69, 9.17) is 16.3 Å². The molecular formula is C31H38ClN5O3. The summed E-state index contributed by atoms with van der Waals surface area (Å²) in [6.45, 7) is 7.16. The number of hydrogen-bond acceptors (Lipinski definition) is 6. The third-order valence-corrected chi connectivity index (χ3v) is 8.39. The number of hydrogen-bond donors (Lipinski definition) is 2. The van der Waals surface area contributed by atoms with Crippen LogP contribution >= 0.6 is 11.6 Å². The summed E-state index contributed by atoms with van der Waals surface area (Å²) in [7, 11) is 1.88. The zero-order valence-corrected chi connectivity index (χ0v) is 24.2. The predicted octanol–water partition coefficient (Wildman–Crippen LogP) is 5.18. The van der Waals surface area contributed by atoms with E-state index < -0.39 is 5.60 Å². The SMILES string of the molecule is CC1(OC(=O)N2CCNCC2)CCCC1.Cn1cncc1[C@](C)(O)C1=Cc2cccnc2Cc2ccc(Cl)cc21. The molecule has 1 saturated heterocycles. The largest absolute Gasteiger partial charge is 0.443 e. The lowest BCUT2D eigenvalue weighted by molar-refractivity contribution is 0.00465. The van der Waals surface area contributed by atoms with Gasteiger partial charge in [0.15, 0.2) is 0 Å². The number of benzene rings is 1. The Bertz CT molecular complexity index is 1390. The molecule has 0 radical (unpaired) electrons. The van der Waals surface area contributed by atoms with Gasteiger partial charge in [0.05, 0.1) is 23.9 Å². The predicted molar refractivity (Wildman–Crippen MR) is 157 cm³/mol. The Morgan fingerprint density at radius 1 is 1.20 bits per heavy atom. The Kier molecular flexibility index (Phi) is 8.31. The molecule has 2 aromatic heterocycles. The van der Waals surface area contributed by atoms with Crippen molar-refractivity contribution in [3.63, 3.8) is 0 Å². The number of ether oxygens (including phenoxy) is 1. The fourth-order valence-electron chi connectivity index (χ4n) is 5.81. The number of amides is 1. The highest BCUT2D eigenvalue weighted by Gasteiger charge is 2.35. The van der Waals surface area contributed by atoms with E-state index in [9.17, 15) is 9.90 Å². The van der Waals surface area contributed by atoms with E-state index in [0.717, 1.165) is 72.7 Å². The fraction of sp³-hybridized carbons (Fsp3) is 0.452. The van der Waals surface area contributed by atoms with Gasteiger partial charge in [0, 0.05) is 50.9 Å². The van der Waals surface area contributed by atoms with Crippen molar-refractivity contribution in [1.29, 1.82) is 0 Å². The van der Waals surface area contributed by atoms with Crippen LogP contribution in [0, 0.1) is 0 Å². The minimum Gasteiger partial charge on any atom is -0.443 e. The maximum atomic E-state index is 11.8. The minimum absolute atomic E-state index is 0.124. The number of imidazole rings is 1. The van der Waals surface area contributed by atoms with Crippen molar-refractivity contribution in [2.75, 3.05) is 26.2 Å². The maximum Gasteiger partial charge on any atom is 0.410 e. The van der Waals surface area contributed by atoms with Crippen LogP contribution in [-0.2, 0) is 23.8 Å². The number of carbonyl (C=O) groups excluding carboxylic acids is 1. The van der Waals surface area contributed by atoms with Crippen molar-refractivity contribution in [1.82, 2.24) is 24.8 Å². The Morgan fingerprint density at radius 3 is 2.65 bits per heavy atom. The molecule has 3 aliphatic rings. The molecule has 3 aromatic rings. The summed E-state index contributed by atoms with van der Waals surface area (Å²) in [5.41, 5.74) is 4.13. The number of fused-ring (bicyclic) bond motifs is 2. The van der Waals surface area contributed by atoms with Crippen molar-refractivity contribution < 1.29 is 14.6 Å². The molecule has 0 bridgehead atoms. The molecule has 6 rings (SSSR count). The molecule has 2 fully saturated rings. The van der Waals surface area contributed by atoms with Crippen molar-refractivity contribution in [2.45, 2.75) is 57.2 Å². The second kappa shape index (κ2) is 11.7. The summed E-state index contributed by atoms with van der Waals surface area (Å²) in [6.07, 6.45) is 12.2. The lowest BCUT2D eigenvalue weighted by Gasteiger charge is -2.31. The van der Waals surface area contributed by atoms with Gasteiger partial charge in [-0.25, -0.2) is 9.78 Å². The monoisotopic (exact) mass is 563 g/mol. The number of rotatable bonds is 3. The molecule has 3 heterocycles. The van der Waals surface area contributed by atoms with E-state index in [1.807, 2.05) is 48.0 Å². The highest BCUT2D eigenvalue weighted by Crippen LogP contribution is 2.42. The number of aromatic nitrogens is 3. The van der Waals surface area contributed by atoms with Crippen molar-refractivity contribution in [3.8, 4) is 0 Å². The van der Waals surface area contributed by atoms with Gasteiger partial charge in [-0.2, -0.15) is 0 Å².